The highest BCUT2D eigenvalue weighted by molar-refractivity contribution is 6.30. The first-order valence-corrected chi connectivity index (χ1v) is 8.88. The van der Waals surface area contributed by atoms with Gasteiger partial charge in [-0.05, 0) is 42.5 Å². The van der Waals surface area contributed by atoms with Crippen LogP contribution in [0.15, 0.2) is 36.4 Å². The van der Waals surface area contributed by atoms with Crippen LogP contribution in [0.4, 0.5) is 10.5 Å². The van der Waals surface area contributed by atoms with Crippen LogP contribution in [0.1, 0.15) is 6.42 Å². The molecule has 1 amide bonds. The molecule has 4 atom stereocenters. The van der Waals surface area contributed by atoms with Gasteiger partial charge in [0.05, 0.1) is 34.3 Å². The van der Waals surface area contributed by atoms with E-state index in [4.69, 9.17) is 16.3 Å². The highest BCUT2D eigenvalue weighted by atomic mass is 127. The zero-order valence-electron chi connectivity index (χ0n) is 14.9. The summed E-state index contributed by atoms with van der Waals surface area (Å²) in [6.45, 7) is 1.59. The second kappa shape index (κ2) is 8.27. The van der Waals surface area contributed by atoms with E-state index in [1.807, 2.05) is 0 Å². The van der Waals surface area contributed by atoms with Gasteiger partial charge in [0, 0.05) is 22.5 Å². The van der Waals surface area contributed by atoms with Crippen molar-refractivity contribution >= 4 is 23.4 Å². The highest BCUT2D eigenvalue weighted by Crippen LogP contribution is 2.48. The van der Waals surface area contributed by atoms with Crippen LogP contribution >= 0.6 is 11.6 Å². The number of nitrogens with one attached hydrogen (secondary N) is 1. The molecule has 0 aromatic heterocycles. The van der Waals surface area contributed by atoms with Crippen molar-refractivity contribution in [2.45, 2.75) is 6.42 Å². The van der Waals surface area contributed by atoms with Crippen LogP contribution in [0.25, 0.3) is 0 Å². The van der Waals surface area contributed by atoms with Gasteiger partial charge in [-0.15, -0.1) is 0 Å². The average molecular weight is 477 g/mol. The van der Waals surface area contributed by atoms with E-state index in [1.54, 1.807) is 24.3 Å². The number of anilines is 1. The normalized spacial score (nSPS) is 27.0. The quantitative estimate of drug-likeness (QED) is 0.392. The van der Waals surface area contributed by atoms with Crippen LogP contribution in [0.2, 0.25) is 5.02 Å². The van der Waals surface area contributed by atoms with Gasteiger partial charge in [0.15, 0.2) is 0 Å². The van der Waals surface area contributed by atoms with Crippen LogP contribution in [-0.4, -0.2) is 44.9 Å². The van der Waals surface area contributed by atoms with E-state index >= 15 is 0 Å². The van der Waals surface area contributed by atoms with Crippen molar-refractivity contribution in [3.63, 3.8) is 0 Å². The van der Waals surface area contributed by atoms with Crippen molar-refractivity contribution in [2.75, 3.05) is 39.6 Å². The highest BCUT2D eigenvalue weighted by Gasteiger charge is 2.47. The third-order valence-corrected chi connectivity index (χ3v) is 5.31. The Balaban J connectivity index is 0.00000225. The number of carbonyl (C=O) groups excluding carboxylic acids is 1. The second-order valence-electron chi connectivity index (χ2n) is 7.98. The minimum absolute atomic E-state index is 0. The van der Waals surface area contributed by atoms with E-state index in [2.05, 4.69) is 38.6 Å². The van der Waals surface area contributed by atoms with E-state index in [1.165, 1.54) is 6.42 Å². The Hall–Kier alpha value is -0.790. The zero-order chi connectivity index (χ0) is 17.3. The van der Waals surface area contributed by atoms with Crippen molar-refractivity contribution in [3.8, 4) is 0 Å². The van der Waals surface area contributed by atoms with Gasteiger partial charge < -0.3 is 33.2 Å². The summed E-state index contributed by atoms with van der Waals surface area (Å²) in [6, 6.07) is 7.03. The molecule has 0 unspecified atom stereocenters. The van der Waals surface area contributed by atoms with Crippen molar-refractivity contribution in [3.05, 3.63) is 41.4 Å². The number of allylic oxidation sites excluding steroid dienone is 2. The first kappa shape index (κ1) is 20.5. The Morgan fingerprint density at radius 1 is 1.16 bits per heavy atom. The molecule has 0 spiro atoms. The number of amides is 1. The van der Waals surface area contributed by atoms with Crippen LogP contribution in [0.5, 0.6) is 0 Å². The predicted molar refractivity (Wildman–Crippen MR) is 97.0 cm³/mol. The molecule has 138 valence electrons. The molecule has 1 aromatic rings. The molecule has 0 radical (unpaired) electrons. The fourth-order valence-corrected chi connectivity index (χ4v) is 4.16. The first-order valence-electron chi connectivity index (χ1n) is 8.50. The van der Waals surface area contributed by atoms with Crippen molar-refractivity contribution < 1.29 is 38.0 Å². The maximum absolute atomic E-state index is 12.1. The molecule has 2 aliphatic carbocycles. The van der Waals surface area contributed by atoms with Gasteiger partial charge >= 0.3 is 6.09 Å². The Labute approximate surface area is 172 Å². The molecule has 2 aliphatic rings. The number of quaternary nitrogens is 1. The number of ether oxygens (including phenoxy) is 1. The molecule has 0 saturated heterocycles. The molecule has 0 heterocycles. The van der Waals surface area contributed by atoms with Crippen molar-refractivity contribution in [1.82, 2.24) is 0 Å². The molecule has 1 N–H and O–H groups in total. The van der Waals surface area contributed by atoms with E-state index in [0.29, 0.717) is 41.0 Å². The Morgan fingerprint density at radius 3 is 2.36 bits per heavy atom. The molecule has 1 aromatic carbocycles. The topological polar surface area (TPSA) is 38.3 Å². The fourth-order valence-electron chi connectivity index (χ4n) is 4.04. The number of hydrogen-bond donors (Lipinski definition) is 1. The van der Waals surface area contributed by atoms with Gasteiger partial charge in [0.25, 0.3) is 0 Å². The number of rotatable bonds is 5. The van der Waals surface area contributed by atoms with Crippen LogP contribution in [0.3, 0.4) is 0 Å². The summed E-state index contributed by atoms with van der Waals surface area (Å²) in [6.07, 6.45) is 5.47. The van der Waals surface area contributed by atoms with E-state index in [-0.39, 0.29) is 24.0 Å². The maximum Gasteiger partial charge on any atom is 0.411 e. The Bertz CT molecular complexity index is 627. The summed E-state index contributed by atoms with van der Waals surface area (Å²) >= 11 is 5.85. The van der Waals surface area contributed by atoms with Crippen molar-refractivity contribution in [1.29, 1.82) is 0 Å². The van der Waals surface area contributed by atoms with Gasteiger partial charge in [-0.25, -0.2) is 4.79 Å². The molecule has 25 heavy (non-hydrogen) atoms. The molecule has 4 nitrogen and oxygen atoms in total. The SMILES string of the molecule is C[N+](C)(C)C[C@H]1[C@H](COC(=O)Nc2ccc(Cl)cc2)[C@H]2C=C[C@H]1C2.[I-]. The number of benzene rings is 1. The first-order chi connectivity index (χ1) is 11.3. The summed E-state index contributed by atoms with van der Waals surface area (Å²) in [4.78, 5) is 12.1. The molecule has 0 aliphatic heterocycles. The van der Waals surface area contributed by atoms with E-state index in [0.717, 1.165) is 11.0 Å². The summed E-state index contributed by atoms with van der Waals surface area (Å²) < 4.78 is 6.47. The van der Waals surface area contributed by atoms with Gasteiger partial charge in [-0.3, -0.25) is 5.32 Å². The van der Waals surface area contributed by atoms with E-state index < -0.39 is 6.09 Å². The molecule has 2 bridgehead atoms. The summed E-state index contributed by atoms with van der Waals surface area (Å²) in [5, 5.41) is 3.40. The smallest absolute Gasteiger partial charge is 0.411 e. The van der Waals surface area contributed by atoms with Gasteiger partial charge in [0.2, 0.25) is 0 Å². The molecular formula is C19H26ClIN2O2. The van der Waals surface area contributed by atoms with Gasteiger partial charge in [-0.2, -0.15) is 0 Å². The van der Waals surface area contributed by atoms with E-state index in [9.17, 15) is 4.79 Å². The van der Waals surface area contributed by atoms with Gasteiger partial charge in [0.1, 0.15) is 0 Å². The van der Waals surface area contributed by atoms with Crippen LogP contribution in [0, 0.1) is 23.7 Å². The number of fused-ring (bicyclic) bond motifs is 2. The predicted octanol–water partition coefficient (Wildman–Crippen LogP) is 1.04. The lowest BCUT2D eigenvalue weighted by atomic mass is 9.83. The standard InChI is InChI=1S/C19H25ClN2O2.HI/c1-22(2,3)11-17-13-4-5-14(10-13)18(17)12-24-19(23)21-16-8-6-15(20)7-9-16;/h4-9,13-14,17-18H,10-12H2,1-3H3;1H/t13-,14-,17+,18+;/m0./s1. The van der Waals surface area contributed by atoms with Crippen molar-refractivity contribution in [2.24, 2.45) is 23.7 Å². The average Bonchev–Trinajstić information content (AvgIpc) is 3.08. The van der Waals surface area contributed by atoms with Gasteiger partial charge in [-0.1, -0.05) is 23.8 Å². The minimum atomic E-state index is -0.395. The third kappa shape index (κ3) is 5.34. The Kier molecular flexibility index (Phi) is 6.79. The molecule has 6 heteroatoms. The lowest BCUT2D eigenvalue weighted by Crippen LogP contribution is -3.00. The summed E-state index contributed by atoms with van der Waals surface area (Å²) in [5.74, 6) is 2.20. The monoisotopic (exact) mass is 476 g/mol. The molecule has 3 rings (SSSR count). The molecule has 1 saturated carbocycles. The number of carbonyl (C=O) groups is 1. The summed E-state index contributed by atoms with van der Waals surface area (Å²) in [5.41, 5.74) is 0.695. The molecule has 1 fully saturated rings. The maximum atomic E-state index is 12.1. The fraction of sp³-hybridized carbons (Fsp3) is 0.526. The molecular weight excluding hydrogens is 451 g/mol. The largest absolute Gasteiger partial charge is 1.00 e. The second-order valence-corrected chi connectivity index (χ2v) is 8.42. The van der Waals surface area contributed by atoms with Crippen LogP contribution in [-0.2, 0) is 4.74 Å². The lowest BCUT2D eigenvalue weighted by Gasteiger charge is -2.34. The number of hydrogen-bond acceptors (Lipinski definition) is 2. The third-order valence-electron chi connectivity index (χ3n) is 5.06. The Morgan fingerprint density at radius 2 is 1.76 bits per heavy atom. The van der Waals surface area contributed by atoms with Crippen LogP contribution < -0.4 is 29.3 Å². The zero-order valence-corrected chi connectivity index (χ0v) is 17.8. The lowest BCUT2D eigenvalue weighted by molar-refractivity contribution is -0.874. The summed E-state index contributed by atoms with van der Waals surface area (Å²) in [7, 11) is 6.67. The number of nitrogens with zero attached hydrogens (tertiary/aromatic N) is 1. The minimum Gasteiger partial charge on any atom is -1.00 e. The number of halogens is 2.